The average Bonchev–Trinajstić information content (AvgIpc) is 3.39. The number of ether oxygens (including phenoxy) is 3. The summed E-state index contributed by atoms with van der Waals surface area (Å²) in [6.07, 6.45) is 79.3. The van der Waals surface area contributed by atoms with Gasteiger partial charge in [-0.15, -0.1) is 0 Å². The summed E-state index contributed by atoms with van der Waals surface area (Å²) in [5.74, 6) is -0.973. The lowest BCUT2D eigenvalue weighted by atomic mass is 10.0. The van der Waals surface area contributed by atoms with Crippen LogP contribution in [0.4, 0.5) is 0 Å². The number of unbranched alkanes of at least 4 members (excludes halogenated alkanes) is 34. The van der Waals surface area contributed by atoms with Crippen molar-refractivity contribution in [2.24, 2.45) is 0 Å². The minimum atomic E-state index is -0.813. The minimum Gasteiger partial charge on any atom is -0.462 e. The van der Waals surface area contributed by atoms with E-state index in [1.165, 1.54) is 193 Å². The molecule has 0 saturated heterocycles. The zero-order valence-corrected chi connectivity index (χ0v) is 48.4. The van der Waals surface area contributed by atoms with Crippen LogP contribution in [0.2, 0.25) is 0 Å². The van der Waals surface area contributed by atoms with E-state index in [4.69, 9.17) is 14.2 Å². The summed E-state index contributed by atoms with van der Waals surface area (Å²) in [7, 11) is 0. The first-order valence-electron chi connectivity index (χ1n) is 31.4. The van der Waals surface area contributed by atoms with Gasteiger partial charge in [0, 0.05) is 19.3 Å². The molecule has 0 spiro atoms. The summed E-state index contributed by atoms with van der Waals surface area (Å²) in [6, 6.07) is 0. The molecule has 73 heavy (non-hydrogen) atoms. The van der Waals surface area contributed by atoms with E-state index in [2.05, 4.69) is 87.6 Å². The molecule has 0 bridgehead atoms. The molecule has 0 aromatic carbocycles. The first-order chi connectivity index (χ1) is 36.0. The van der Waals surface area contributed by atoms with Crippen LogP contribution in [0, 0.1) is 0 Å². The molecule has 0 saturated carbocycles. The Morgan fingerprint density at radius 2 is 0.534 bits per heavy atom. The van der Waals surface area contributed by atoms with Gasteiger partial charge in [0.1, 0.15) is 13.2 Å². The fourth-order valence-corrected chi connectivity index (χ4v) is 9.06. The van der Waals surface area contributed by atoms with E-state index in [0.29, 0.717) is 19.3 Å². The number of esters is 3. The van der Waals surface area contributed by atoms with Crippen LogP contribution in [0.3, 0.4) is 0 Å². The lowest BCUT2D eigenvalue weighted by molar-refractivity contribution is -0.166. The van der Waals surface area contributed by atoms with Crippen molar-refractivity contribution in [3.05, 3.63) is 72.9 Å². The predicted octanol–water partition coefficient (Wildman–Crippen LogP) is 21.3. The SMILES string of the molecule is CC/C=C\C/C=C\C/C=C\C/C=C\C/C=C\C/C=C\CCC(=O)OC(COC(=O)CCCCCCCCCCCCC)COC(=O)CCCCCCCCCCCCCCCCCCCCCCCCCCC. The molecule has 1 unspecified atom stereocenters. The summed E-state index contributed by atoms with van der Waals surface area (Å²) in [4.78, 5) is 38.2. The molecule has 0 radical (unpaired) electrons. The molecule has 0 aromatic heterocycles. The maximum Gasteiger partial charge on any atom is 0.306 e. The lowest BCUT2D eigenvalue weighted by Gasteiger charge is -2.18. The van der Waals surface area contributed by atoms with E-state index in [1.807, 2.05) is 6.08 Å². The van der Waals surface area contributed by atoms with Crippen LogP contribution in [0.15, 0.2) is 72.9 Å². The second kappa shape index (κ2) is 61.4. The summed E-state index contributed by atoms with van der Waals surface area (Å²) >= 11 is 0. The van der Waals surface area contributed by atoms with Gasteiger partial charge in [0.25, 0.3) is 0 Å². The maximum absolute atomic E-state index is 12.8. The van der Waals surface area contributed by atoms with Gasteiger partial charge in [-0.2, -0.15) is 0 Å². The normalized spacial score (nSPS) is 12.5. The third kappa shape index (κ3) is 59.6. The molecule has 0 aliphatic carbocycles. The van der Waals surface area contributed by atoms with Crippen molar-refractivity contribution in [1.82, 2.24) is 0 Å². The average molecular weight is 1020 g/mol. The Morgan fingerprint density at radius 1 is 0.288 bits per heavy atom. The van der Waals surface area contributed by atoms with Gasteiger partial charge in [-0.05, 0) is 57.8 Å². The molecule has 0 rings (SSSR count). The van der Waals surface area contributed by atoms with Crippen LogP contribution in [-0.2, 0) is 28.6 Å². The monoisotopic (exact) mass is 1020 g/mol. The summed E-state index contributed by atoms with van der Waals surface area (Å²) in [6.45, 7) is 6.50. The first-order valence-corrected chi connectivity index (χ1v) is 31.4. The second-order valence-electron chi connectivity index (χ2n) is 21.0. The van der Waals surface area contributed by atoms with Gasteiger partial charge in [0.15, 0.2) is 6.10 Å². The summed E-state index contributed by atoms with van der Waals surface area (Å²) in [5, 5.41) is 0. The van der Waals surface area contributed by atoms with E-state index in [-0.39, 0.29) is 37.5 Å². The Morgan fingerprint density at radius 3 is 0.808 bits per heavy atom. The Labute approximate surface area is 453 Å². The zero-order valence-electron chi connectivity index (χ0n) is 48.4. The number of rotatable bonds is 57. The largest absolute Gasteiger partial charge is 0.462 e. The molecule has 6 nitrogen and oxygen atoms in total. The number of hydrogen-bond donors (Lipinski definition) is 0. The van der Waals surface area contributed by atoms with Crippen molar-refractivity contribution in [2.75, 3.05) is 13.2 Å². The van der Waals surface area contributed by atoms with Crippen molar-refractivity contribution in [3.8, 4) is 0 Å². The number of carbonyl (C=O) groups excluding carboxylic acids is 3. The highest BCUT2D eigenvalue weighted by molar-refractivity contribution is 5.71. The standard InChI is InChI=1S/C67H118O6/c1-4-7-10-13-16-19-22-24-26-28-30-31-32-33-34-35-37-38-40-42-45-48-51-54-57-60-66(69)72-63-64(62-71-65(68)59-56-53-50-47-44-21-18-15-12-9-6-3)73-67(70)61-58-55-52-49-46-43-41-39-36-29-27-25-23-20-17-14-11-8-5-2/h8,11,17,20,25,27,36,39,43,46,52,55,64H,4-7,9-10,12-16,18-19,21-24,26,28-35,37-38,40-42,44-45,47-51,53-54,56-63H2,1-3H3/b11-8-,20-17-,27-25-,39-36-,46-43-,55-52-. The zero-order chi connectivity index (χ0) is 52.9. The van der Waals surface area contributed by atoms with Crippen molar-refractivity contribution >= 4 is 17.9 Å². The van der Waals surface area contributed by atoms with Gasteiger partial charge < -0.3 is 14.2 Å². The highest BCUT2D eigenvalue weighted by Gasteiger charge is 2.19. The lowest BCUT2D eigenvalue weighted by Crippen LogP contribution is -2.30. The van der Waals surface area contributed by atoms with E-state index in [0.717, 1.165) is 77.0 Å². The number of carbonyl (C=O) groups is 3. The van der Waals surface area contributed by atoms with E-state index in [1.54, 1.807) is 0 Å². The van der Waals surface area contributed by atoms with Crippen molar-refractivity contribution in [2.45, 2.75) is 322 Å². The molecular formula is C67H118O6. The molecule has 0 heterocycles. The molecule has 0 fully saturated rings. The van der Waals surface area contributed by atoms with Crippen LogP contribution >= 0.6 is 0 Å². The number of hydrogen-bond acceptors (Lipinski definition) is 6. The summed E-state index contributed by atoms with van der Waals surface area (Å²) < 4.78 is 16.8. The van der Waals surface area contributed by atoms with Gasteiger partial charge in [-0.25, -0.2) is 0 Å². The Hall–Kier alpha value is -3.15. The van der Waals surface area contributed by atoms with Crippen LogP contribution in [0.1, 0.15) is 316 Å². The van der Waals surface area contributed by atoms with Gasteiger partial charge in [0.2, 0.25) is 0 Å². The molecule has 0 aromatic rings. The second-order valence-corrected chi connectivity index (χ2v) is 21.0. The smallest absolute Gasteiger partial charge is 0.306 e. The summed E-state index contributed by atoms with van der Waals surface area (Å²) in [5.41, 5.74) is 0. The van der Waals surface area contributed by atoms with Gasteiger partial charge in [-0.1, -0.05) is 312 Å². The van der Waals surface area contributed by atoms with E-state index >= 15 is 0 Å². The van der Waals surface area contributed by atoms with E-state index in [9.17, 15) is 14.4 Å². The van der Waals surface area contributed by atoms with Crippen LogP contribution < -0.4 is 0 Å². The fourth-order valence-electron chi connectivity index (χ4n) is 9.06. The Balaban J connectivity index is 4.31. The molecule has 0 aliphatic rings. The molecule has 0 amide bonds. The third-order valence-electron chi connectivity index (χ3n) is 13.7. The predicted molar refractivity (Wildman–Crippen MR) is 316 cm³/mol. The van der Waals surface area contributed by atoms with Gasteiger partial charge >= 0.3 is 17.9 Å². The van der Waals surface area contributed by atoms with Crippen molar-refractivity contribution in [1.29, 1.82) is 0 Å². The van der Waals surface area contributed by atoms with Crippen LogP contribution in [0.5, 0.6) is 0 Å². The third-order valence-corrected chi connectivity index (χ3v) is 13.7. The van der Waals surface area contributed by atoms with Gasteiger partial charge in [0.05, 0.1) is 0 Å². The Bertz CT molecular complexity index is 1360. The van der Waals surface area contributed by atoms with Crippen LogP contribution in [0.25, 0.3) is 0 Å². The Kier molecular flexibility index (Phi) is 58.7. The highest BCUT2D eigenvalue weighted by atomic mass is 16.6. The van der Waals surface area contributed by atoms with Gasteiger partial charge in [-0.3, -0.25) is 14.4 Å². The minimum absolute atomic E-state index is 0.102. The molecule has 0 N–H and O–H groups in total. The quantitative estimate of drug-likeness (QED) is 0.0261. The first kappa shape index (κ1) is 69.8. The fraction of sp³-hybridized carbons (Fsp3) is 0.776. The maximum atomic E-state index is 12.8. The highest BCUT2D eigenvalue weighted by Crippen LogP contribution is 2.17. The molecule has 422 valence electrons. The molecule has 6 heteroatoms. The number of allylic oxidation sites excluding steroid dienone is 12. The van der Waals surface area contributed by atoms with Crippen LogP contribution in [-0.4, -0.2) is 37.2 Å². The molecular weight excluding hydrogens is 901 g/mol. The topological polar surface area (TPSA) is 78.9 Å². The molecule has 1 atom stereocenters. The van der Waals surface area contributed by atoms with Crippen molar-refractivity contribution in [3.63, 3.8) is 0 Å². The van der Waals surface area contributed by atoms with E-state index < -0.39 is 6.10 Å². The van der Waals surface area contributed by atoms with Crippen molar-refractivity contribution < 1.29 is 28.6 Å². The molecule has 0 aliphatic heterocycles.